The molecule has 18 heavy (non-hydrogen) atoms. The number of para-hydroxylation sites is 1. The summed E-state index contributed by atoms with van der Waals surface area (Å²) in [5, 5.41) is 19.7. The molecular weight excluding hydrogens is 250 g/mol. The minimum atomic E-state index is -2.20. The second kappa shape index (κ2) is 4.62. The quantitative estimate of drug-likeness (QED) is 0.393. The maximum absolute atomic E-state index is 12.3. The number of benzene rings is 1. The lowest BCUT2D eigenvalue weighted by molar-refractivity contribution is -0.385. The highest BCUT2D eigenvalue weighted by Gasteiger charge is 2.45. The first-order valence-electron chi connectivity index (χ1n) is 5.59. The van der Waals surface area contributed by atoms with Gasteiger partial charge in [0.25, 0.3) is 5.69 Å². The van der Waals surface area contributed by atoms with Crippen molar-refractivity contribution >= 4 is 19.5 Å². The molecule has 0 bridgehead atoms. The summed E-state index contributed by atoms with van der Waals surface area (Å²) in [6, 6.07) is 5.71. The van der Waals surface area contributed by atoms with Crippen LogP contribution in [0.5, 0.6) is 0 Å². The number of nitro benzene ring substituents is 1. The predicted octanol–water partition coefficient (Wildman–Crippen LogP) is 2.41. The Balaban J connectivity index is 3.33. The number of nitrogens with zero attached hydrogens (tertiary/aromatic N) is 1. The van der Waals surface area contributed by atoms with Crippen LogP contribution in [0.3, 0.4) is 0 Å². The van der Waals surface area contributed by atoms with Crippen LogP contribution in [0.25, 0.3) is 0 Å². The topological polar surface area (TPSA) is 80.4 Å². The standard InChI is InChI=1S/C12H17NO4Si/c1-12(15,18(2,3)4)11(14)9-7-5-6-8-10(9)13(16)17/h5-8,15H,1-4H3. The monoisotopic (exact) mass is 267 g/mol. The maximum atomic E-state index is 12.3. The van der Waals surface area contributed by atoms with Gasteiger partial charge in [-0.05, 0) is 13.0 Å². The highest BCUT2D eigenvalue weighted by atomic mass is 28.3. The molecule has 0 radical (unpaired) electrons. The zero-order valence-corrected chi connectivity index (χ0v) is 11.9. The van der Waals surface area contributed by atoms with Gasteiger partial charge in [0.15, 0.2) is 5.78 Å². The fourth-order valence-electron chi connectivity index (χ4n) is 1.43. The predicted molar refractivity (Wildman–Crippen MR) is 71.4 cm³/mol. The van der Waals surface area contributed by atoms with Crippen molar-refractivity contribution in [3.8, 4) is 0 Å². The lowest BCUT2D eigenvalue weighted by atomic mass is 10.0. The molecule has 1 unspecified atom stereocenters. The molecule has 1 aromatic rings. The van der Waals surface area contributed by atoms with E-state index in [1.165, 1.54) is 25.1 Å². The zero-order chi connectivity index (χ0) is 14.1. The number of carbonyl (C=O) groups excluding carboxylic acids is 1. The maximum Gasteiger partial charge on any atom is 0.280 e. The summed E-state index contributed by atoms with van der Waals surface area (Å²) in [5.41, 5.74) is -0.295. The van der Waals surface area contributed by atoms with Crippen LogP contribution in [0.2, 0.25) is 19.6 Å². The van der Waals surface area contributed by atoms with E-state index in [1.54, 1.807) is 6.07 Å². The third-order valence-corrected chi connectivity index (χ3v) is 6.40. The van der Waals surface area contributed by atoms with Crippen LogP contribution >= 0.6 is 0 Å². The lowest BCUT2D eigenvalue weighted by Crippen LogP contribution is -2.55. The second-order valence-corrected chi connectivity index (χ2v) is 10.9. The van der Waals surface area contributed by atoms with Gasteiger partial charge in [0.05, 0.1) is 18.6 Å². The smallest absolute Gasteiger partial charge is 0.280 e. The van der Waals surface area contributed by atoms with Gasteiger partial charge in [-0.2, -0.15) is 0 Å². The van der Waals surface area contributed by atoms with Gasteiger partial charge in [-0.25, -0.2) is 0 Å². The number of Topliss-reactive ketones (excluding diaryl/α,β-unsaturated/α-hetero) is 1. The summed E-state index contributed by atoms with van der Waals surface area (Å²) in [6.07, 6.45) is 0. The summed E-state index contributed by atoms with van der Waals surface area (Å²) in [5.74, 6) is -0.575. The first-order chi connectivity index (χ1) is 8.09. The Morgan fingerprint density at radius 1 is 1.33 bits per heavy atom. The van der Waals surface area contributed by atoms with E-state index >= 15 is 0 Å². The van der Waals surface area contributed by atoms with Crippen molar-refractivity contribution in [1.29, 1.82) is 0 Å². The Bertz CT molecular complexity index is 491. The van der Waals surface area contributed by atoms with Gasteiger partial charge in [0, 0.05) is 6.07 Å². The van der Waals surface area contributed by atoms with Crippen molar-refractivity contribution in [1.82, 2.24) is 0 Å². The molecule has 0 aliphatic rings. The van der Waals surface area contributed by atoms with E-state index in [1.807, 2.05) is 19.6 Å². The van der Waals surface area contributed by atoms with Gasteiger partial charge < -0.3 is 5.11 Å². The molecule has 1 atom stereocenters. The number of hydrogen-bond donors (Lipinski definition) is 1. The summed E-state index contributed by atoms with van der Waals surface area (Å²) < 4.78 is 0. The third kappa shape index (κ3) is 2.49. The van der Waals surface area contributed by atoms with Crippen LogP contribution in [0.1, 0.15) is 17.3 Å². The number of aliphatic hydroxyl groups is 1. The Labute approximate surface area is 107 Å². The minimum Gasteiger partial charge on any atom is -0.386 e. The average molecular weight is 267 g/mol. The van der Waals surface area contributed by atoms with Crippen LogP contribution in [0.15, 0.2) is 24.3 Å². The minimum absolute atomic E-state index is 0.0325. The summed E-state index contributed by atoms with van der Waals surface area (Å²) in [7, 11) is -2.20. The summed E-state index contributed by atoms with van der Waals surface area (Å²) in [6.45, 7) is 6.98. The molecule has 1 aromatic carbocycles. The van der Waals surface area contributed by atoms with Gasteiger partial charge in [-0.15, -0.1) is 0 Å². The van der Waals surface area contributed by atoms with Gasteiger partial charge in [-0.3, -0.25) is 14.9 Å². The van der Waals surface area contributed by atoms with Crippen molar-refractivity contribution in [3.63, 3.8) is 0 Å². The van der Waals surface area contributed by atoms with Crippen LogP contribution in [-0.4, -0.2) is 29.1 Å². The summed E-state index contributed by atoms with van der Waals surface area (Å²) in [4.78, 5) is 22.6. The van der Waals surface area contributed by atoms with E-state index < -0.39 is 24.0 Å². The molecule has 0 saturated carbocycles. The summed E-state index contributed by atoms with van der Waals surface area (Å²) >= 11 is 0. The molecule has 0 saturated heterocycles. The molecule has 0 spiro atoms. The fraction of sp³-hybridized carbons (Fsp3) is 0.417. The van der Waals surface area contributed by atoms with E-state index in [-0.39, 0.29) is 11.3 Å². The third-order valence-electron chi connectivity index (χ3n) is 3.25. The van der Waals surface area contributed by atoms with Gasteiger partial charge in [0.1, 0.15) is 5.22 Å². The number of ketones is 1. The molecule has 5 nitrogen and oxygen atoms in total. The largest absolute Gasteiger partial charge is 0.386 e. The van der Waals surface area contributed by atoms with Gasteiger partial charge >= 0.3 is 0 Å². The fourth-order valence-corrected chi connectivity index (χ4v) is 2.24. The van der Waals surface area contributed by atoms with Gasteiger partial charge in [-0.1, -0.05) is 31.8 Å². The zero-order valence-electron chi connectivity index (χ0n) is 10.9. The Morgan fingerprint density at radius 3 is 2.28 bits per heavy atom. The van der Waals surface area contributed by atoms with E-state index in [0.717, 1.165) is 0 Å². The van der Waals surface area contributed by atoms with E-state index in [9.17, 15) is 20.0 Å². The molecule has 6 heteroatoms. The van der Waals surface area contributed by atoms with Crippen LogP contribution < -0.4 is 0 Å². The molecule has 0 heterocycles. The van der Waals surface area contributed by atoms with E-state index in [2.05, 4.69) is 0 Å². The van der Waals surface area contributed by atoms with Crippen molar-refractivity contribution in [2.45, 2.75) is 31.8 Å². The van der Waals surface area contributed by atoms with E-state index in [0.29, 0.717) is 0 Å². The molecule has 98 valence electrons. The molecule has 1 rings (SSSR count). The molecular formula is C12H17NO4Si. The van der Waals surface area contributed by atoms with Gasteiger partial charge in [0.2, 0.25) is 0 Å². The second-order valence-electron chi connectivity index (χ2n) is 5.43. The normalized spacial score (nSPS) is 14.9. The molecule has 1 N–H and O–H groups in total. The van der Waals surface area contributed by atoms with Crippen LogP contribution in [0.4, 0.5) is 5.69 Å². The van der Waals surface area contributed by atoms with Crippen molar-refractivity contribution in [2.75, 3.05) is 0 Å². The SMILES string of the molecule is CC(O)(C(=O)c1ccccc1[N+](=O)[O-])[Si](C)(C)C. The first kappa shape index (κ1) is 14.5. The van der Waals surface area contributed by atoms with Crippen molar-refractivity contribution < 1.29 is 14.8 Å². The van der Waals surface area contributed by atoms with Crippen molar-refractivity contribution in [2.24, 2.45) is 0 Å². The number of hydrogen-bond acceptors (Lipinski definition) is 4. The molecule has 0 aliphatic carbocycles. The first-order valence-corrected chi connectivity index (χ1v) is 9.09. The number of carbonyl (C=O) groups is 1. The molecule has 0 amide bonds. The Morgan fingerprint density at radius 2 is 1.83 bits per heavy atom. The Hall–Kier alpha value is -1.53. The molecule has 0 aliphatic heterocycles. The van der Waals surface area contributed by atoms with Crippen molar-refractivity contribution in [3.05, 3.63) is 39.9 Å². The molecule has 0 fully saturated rings. The van der Waals surface area contributed by atoms with Crippen LogP contribution in [0, 0.1) is 10.1 Å². The average Bonchev–Trinajstić information content (AvgIpc) is 2.26. The van der Waals surface area contributed by atoms with Crippen LogP contribution in [-0.2, 0) is 0 Å². The molecule has 0 aromatic heterocycles. The Kier molecular flexibility index (Phi) is 3.73. The lowest BCUT2D eigenvalue weighted by Gasteiger charge is -2.33. The highest BCUT2D eigenvalue weighted by Crippen LogP contribution is 2.28. The number of rotatable bonds is 4. The highest BCUT2D eigenvalue weighted by molar-refractivity contribution is 6.82. The van der Waals surface area contributed by atoms with E-state index in [4.69, 9.17) is 0 Å². The number of nitro groups is 1.